The maximum atomic E-state index is 12.9. The van der Waals surface area contributed by atoms with E-state index < -0.39 is 28.8 Å². The molecule has 0 bridgehead atoms. The van der Waals surface area contributed by atoms with E-state index in [-0.39, 0.29) is 11.3 Å². The molecule has 0 fully saturated rings. The Labute approximate surface area is 88.8 Å². The summed E-state index contributed by atoms with van der Waals surface area (Å²) in [5, 5.41) is 22.5. The van der Waals surface area contributed by atoms with Crippen molar-refractivity contribution in [2.45, 2.75) is 5.60 Å². The normalized spacial score (nSPS) is 22.8. The van der Waals surface area contributed by atoms with Crippen molar-refractivity contribution in [3.05, 3.63) is 39.7 Å². The number of carbonyl (C=O) groups is 1. The number of nitro groups is 1. The van der Waals surface area contributed by atoms with Crippen molar-refractivity contribution in [2.24, 2.45) is 0 Å². The minimum absolute atomic E-state index is 0.103. The summed E-state index contributed by atoms with van der Waals surface area (Å²) >= 11 is 0. The summed E-state index contributed by atoms with van der Waals surface area (Å²) < 4.78 is 12.9. The van der Waals surface area contributed by atoms with Crippen LogP contribution in [-0.4, -0.2) is 22.5 Å². The van der Waals surface area contributed by atoms with Crippen LogP contribution in [0.2, 0.25) is 0 Å². The van der Waals surface area contributed by atoms with Gasteiger partial charge in [0.15, 0.2) is 0 Å². The second-order valence-corrected chi connectivity index (χ2v) is 3.50. The zero-order valence-corrected chi connectivity index (χ0v) is 7.94. The molecule has 1 amide bonds. The third-order valence-electron chi connectivity index (χ3n) is 2.41. The fraction of sp³-hybridized carbons (Fsp3) is 0.222. The van der Waals surface area contributed by atoms with Crippen molar-refractivity contribution in [2.75, 3.05) is 11.9 Å². The van der Waals surface area contributed by atoms with E-state index in [1.54, 1.807) is 0 Å². The summed E-state index contributed by atoms with van der Waals surface area (Å²) in [4.78, 5) is 21.0. The van der Waals surface area contributed by atoms with Gasteiger partial charge in [-0.2, -0.15) is 0 Å². The monoisotopic (exact) mass is 226 g/mol. The van der Waals surface area contributed by atoms with Crippen LogP contribution in [0.5, 0.6) is 0 Å². The van der Waals surface area contributed by atoms with Crippen LogP contribution in [0, 0.1) is 15.9 Å². The van der Waals surface area contributed by atoms with Crippen LogP contribution in [0.25, 0.3) is 0 Å². The summed E-state index contributed by atoms with van der Waals surface area (Å²) in [5.74, 6) is -1.58. The van der Waals surface area contributed by atoms with E-state index in [1.165, 1.54) is 6.07 Å². The molecule has 1 aromatic rings. The Bertz CT molecular complexity index is 490. The van der Waals surface area contributed by atoms with Gasteiger partial charge in [0.1, 0.15) is 5.82 Å². The largest absolute Gasteiger partial charge is 0.370 e. The molecule has 7 heteroatoms. The van der Waals surface area contributed by atoms with Gasteiger partial charge < -0.3 is 10.4 Å². The predicted octanol–water partition coefficient (Wildman–Crippen LogP) is 0.242. The first kappa shape index (κ1) is 10.5. The molecule has 0 unspecified atom stereocenters. The number of fused-ring (bicyclic) bond motifs is 1. The van der Waals surface area contributed by atoms with Crippen LogP contribution in [0.15, 0.2) is 18.2 Å². The van der Waals surface area contributed by atoms with Gasteiger partial charge in [0.2, 0.25) is 12.1 Å². The van der Waals surface area contributed by atoms with E-state index in [9.17, 15) is 24.4 Å². The zero-order valence-electron chi connectivity index (χ0n) is 7.94. The molecular formula is C9H7FN2O4. The molecule has 1 heterocycles. The summed E-state index contributed by atoms with van der Waals surface area (Å²) in [6.45, 7) is -0.991. The topological polar surface area (TPSA) is 92.5 Å². The standard InChI is InChI=1S/C9H7FN2O4/c10-5-1-2-7-6(3-5)9(14,4-12(15)16)8(13)11-7/h1-3,14H,4H2,(H,11,13)/t9-/m1/s1. The molecule has 1 atom stereocenters. The fourth-order valence-corrected chi connectivity index (χ4v) is 1.66. The Morgan fingerprint density at radius 1 is 1.56 bits per heavy atom. The third kappa shape index (κ3) is 1.41. The molecule has 0 spiro atoms. The van der Waals surface area contributed by atoms with Crippen LogP contribution >= 0.6 is 0 Å². The molecular weight excluding hydrogens is 219 g/mol. The highest BCUT2D eigenvalue weighted by molar-refractivity contribution is 6.04. The number of nitrogens with one attached hydrogen (secondary N) is 1. The highest BCUT2D eigenvalue weighted by atomic mass is 19.1. The SMILES string of the molecule is O=C1Nc2ccc(F)cc2[C@]1(O)C[N+](=O)[O-]. The molecule has 16 heavy (non-hydrogen) atoms. The molecule has 0 radical (unpaired) electrons. The van der Waals surface area contributed by atoms with Gasteiger partial charge in [0, 0.05) is 16.2 Å². The lowest BCUT2D eigenvalue weighted by atomic mass is 9.95. The Kier molecular flexibility index (Phi) is 2.13. The van der Waals surface area contributed by atoms with Gasteiger partial charge in [-0.15, -0.1) is 0 Å². The van der Waals surface area contributed by atoms with Gasteiger partial charge >= 0.3 is 0 Å². The van der Waals surface area contributed by atoms with Gasteiger partial charge in [0.05, 0.1) is 0 Å². The molecule has 6 nitrogen and oxygen atoms in total. The molecule has 1 aromatic carbocycles. The average molecular weight is 226 g/mol. The second kappa shape index (κ2) is 3.24. The minimum atomic E-state index is -2.29. The smallest absolute Gasteiger partial charge is 0.268 e. The maximum Gasteiger partial charge on any atom is 0.268 e. The van der Waals surface area contributed by atoms with Gasteiger partial charge in [-0.3, -0.25) is 14.9 Å². The summed E-state index contributed by atoms with van der Waals surface area (Å²) in [6.07, 6.45) is 0. The summed E-state index contributed by atoms with van der Waals surface area (Å²) in [6, 6.07) is 3.26. The van der Waals surface area contributed by atoms with Crippen LogP contribution in [0.1, 0.15) is 5.56 Å². The van der Waals surface area contributed by atoms with Gasteiger partial charge in [-0.05, 0) is 18.2 Å². The van der Waals surface area contributed by atoms with Crippen molar-refractivity contribution < 1.29 is 19.2 Å². The number of anilines is 1. The highest BCUT2D eigenvalue weighted by Gasteiger charge is 2.49. The lowest BCUT2D eigenvalue weighted by molar-refractivity contribution is -0.498. The Balaban J connectivity index is 2.53. The maximum absolute atomic E-state index is 12.9. The van der Waals surface area contributed by atoms with Crippen molar-refractivity contribution in [1.29, 1.82) is 0 Å². The number of nitrogens with zero attached hydrogens (tertiary/aromatic N) is 1. The molecule has 2 rings (SSSR count). The number of carbonyl (C=O) groups excluding carboxylic acids is 1. The van der Waals surface area contributed by atoms with Crippen LogP contribution < -0.4 is 5.32 Å². The van der Waals surface area contributed by atoms with Crippen LogP contribution in [0.3, 0.4) is 0 Å². The minimum Gasteiger partial charge on any atom is -0.370 e. The van der Waals surface area contributed by atoms with E-state index in [0.29, 0.717) is 0 Å². The van der Waals surface area contributed by atoms with E-state index in [0.717, 1.165) is 12.1 Å². The van der Waals surface area contributed by atoms with Crippen LogP contribution in [0.4, 0.5) is 10.1 Å². The Hall–Kier alpha value is -2.02. The quantitative estimate of drug-likeness (QED) is 0.558. The molecule has 2 N–H and O–H groups in total. The van der Waals surface area contributed by atoms with Crippen molar-refractivity contribution in [3.63, 3.8) is 0 Å². The van der Waals surface area contributed by atoms with E-state index in [4.69, 9.17) is 0 Å². The highest BCUT2D eigenvalue weighted by Crippen LogP contribution is 2.36. The molecule has 84 valence electrons. The van der Waals surface area contributed by atoms with Gasteiger partial charge in [0.25, 0.3) is 5.91 Å². The van der Waals surface area contributed by atoms with Crippen molar-refractivity contribution in [3.8, 4) is 0 Å². The Morgan fingerprint density at radius 3 is 2.88 bits per heavy atom. The number of amides is 1. The number of rotatable bonds is 2. The molecule has 0 aliphatic carbocycles. The number of hydrogen-bond acceptors (Lipinski definition) is 4. The number of hydrogen-bond donors (Lipinski definition) is 2. The van der Waals surface area contributed by atoms with E-state index >= 15 is 0 Å². The third-order valence-corrected chi connectivity index (χ3v) is 2.41. The number of aliphatic hydroxyl groups is 1. The number of benzene rings is 1. The lowest BCUT2D eigenvalue weighted by Crippen LogP contribution is -2.40. The molecule has 0 saturated carbocycles. The second-order valence-electron chi connectivity index (χ2n) is 3.50. The average Bonchev–Trinajstić information content (AvgIpc) is 2.40. The van der Waals surface area contributed by atoms with Crippen molar-refractivity contribution >= 4 is 11.6 Å². The first-order chi connectivity index (χ1) is 7.43. The van der Waals surface area contributed by atoms with Crippen molar-refractivity contribution in [1.82, 2.24) is 0 Å². The van der Waals surface area contributed by atoms with Crippen LogP contribution in [-0.2, 0) is 10.4 Å². The van der Waals surface area contributed by atoms with E-state index in [1.807, 2.05) is 0 Å². The molecule has 0 aromatic heterocycles. The molecule has 0 saturated heterocycles. The fourth-order valence-electron chi connectivity index (χ4n) is 1.66. The van der Waals surface area contributed by atoms with Gasteiger partial charge in [-0.1, -0.05) is 0 Å². The summed E-state index contributed by atoms with van der Waals surface area (Å²) in [5.41, 5.74) is -2.20. The molecule has 1 aliphatic heterocycles. The lowest BCUT2D eigenvalue weighted by Gasteiger charge is -2.15. The Morgan fingerprint density at radius 2 is 2.25 bits per heavy atom. The summed E-state index contributed by atoms with van der Waals surface area (Å²) in [7, 11) is 0. The molecule has 1 aliphatic rings. The van der Waals surface area contributed by atoms with E-state index in [2.05, 4.69) is 5.32 Å². The van der Waals surface area contributed by atoms with Gasteiger partial charge in [-0.25, -0.2) is 4.39 Å². The first-order valence-electron chi connectivity index (χ1n) is 4.39. The number of halogens is 1. The zero-order chi connectivity index (χ0) is 11.9. The predicted molar refractivity (Wildman–Crippen MR) is 50.8 cm³/mol. The first-order valence-corrected chi connectivity index (χ1v) is 4.39.